The number of benzene rings is 1. The first-order chi connectivity index (χ1) is 10.0. The van der Waals surface area contributed by atoms with E-state index in [4.69, 9.17) is 0 Å². The third-order valence-electron chi connectivity index (χ3n) is 2.87. The maximum absolute atomic E-state index is 12.3. The minimum absolute atomic E-state index is 0.177. The zero-order chi connectivity index (χ0) is 15.0. The molecule has 0 aliphatic rings. The van der Waals surface area contributed by atoms with Gasteiger partial charge in [-0.15, -0.1) is 11.3 Å². The third-order valence-corrected chi connectivity index (χ3v) is 5.19. The van der Waals surface area contributed by atoms with Gasteiger partial charge in [-0.25, -0.2) is 0 Å². The van der Waals surface area contributed by atoms with Gasteiger partial charge in [-0.1, -0.05) is 28.1 Å². The fourth-order valence-electron chi connectivity index (χ4n) is 1.91. The predicted molar refractivity (Wildman–Crippen MR) is 95.7 cm³/mol. The van der Waals surface area contributed by atoms with Gasteiger partial charge in [0.15, 0.2) is 0 Å². The number of H-pyrrole nitrogens is 1. The van der Waals surface area contributed by atoms with Crippen LogP contribution in [-0.2, 0) is 0 Å². The van der Waals surface area contributed by atoms with Gasteiger partial charge in [0.2, 0.25) is 5.88 Å². The number of aromatic nitrogens is 2. The van der Waals surface area contributed by atoms with E-state index in [1.807, 2.05) is 23.6 Å². The quantitative estimate of drug-likeness (QED) is 0.546. The molecule has 0 fully saturated rings. The van der Waals surface area contributed by atoms with Crippen molar-refractivity contribution in [2.45, 2.75) is 0 Å². The minimum atomic E-state index is -0.360. The van der Waals surface area contributed by atoms with E-state index in [0.717, 1.165) is 12.9 Å². The largest absolute Gasteiger partial charge is 0.493 e. The number of nitrogens with zero attached hydrogens (tertiary/aromatic N) is 1. The Bertz CT molecular complexity index is 858. The molecule has 2 aromatic heterocycles. The lowest BCUT2D eigenvalue weighted by Gasteiger charge is -2.05. The number of nitrogens with one attached hydrogen (secondary N) is 1. The number of aromatic amines is 1. The first-order valence-electron chi connectivity index (χ1n) is 5.88. The van der Waals surface area contributed by atoms with Crippen molar-refractivity contribution in [3.8, 4) is 28.4 Å². The molecule has 0 saturated carbocycles. The Hall–Kier alpha value is -1.19. The van der Waals surface area contributed by atoms with Crippen LogP contribution >= 0.6 is 49.9 Å². The molecule has 3 aromatic rings. The van der Waals surface area contributed by atoms with Crippen LogP contribution in [0, 0.1) is 2.88 Å². The Labute approximate surface area is 146 Å². The van der Waals surface area contributed by atoms with Crippen LogP contribution in [0.4, 0.5) is 0 Å². The summed E-state index contributed by atoms with van der Waals surface area (Å²) in [6.07, 6.45) is 0. The molecule has 4 nitrogen and oxygen atoms in total. The second kappa shape index (κ2) is 5.90. The van der Waals surface area contributed by atoms with Crippen molar-refractivity contribution < 1.29 is 5.11 Å². The molecule has 0 atom stereocenters. The maximum atomic E-state index is 12.3. The highest BCUT2D eigenvalue weighted by atomic mass is 127. The number of thiophene rings is 1. The summed E-state index contributed by atoms with van der Waals surface area (Å²) in [6.45, 7) is 0. The fraction of sp³-hybridized carbons (Fsp3) is 0. The highest BCUT2D eigenvalue weighted by Crippen LogP contribution is 2.28. The molecule has 0 aliphatic heterocycles. The van der Waals surface area contributed by atoms with Crippen molar-refractivity contribution in [2.75, 3.05) is 0 Å². The Balaban J connectivity index is 2.12. The van der Waals surface area contributed by atoms with Gasteiger partial charge in [0.1, 0.15) is 11.4 Å². The van der Waals surface area contributed by atoms with Crippen LogP contribution in [0.2, 0.25) is 0 Å². The molecule has 0 unspecified atom stereocenters. The predicted octanol–water partition coefficient (Wildman–Crippen LogP) is 4.24. The highest BCUT2D eigenvalue weighted by molar-refractivity contribution is 14.1. The van der Waals surface area contributed by atoms with E-state index in [1.54, 1.807) is 23.5 Å². The summed E-state index contributed by atoms with van der Waals surface area (Å²) in [5.41, 5.74) is 1.23. The standard InChI is InChI=1S/C14H8BrIN2O2S/c15-9-3-1-7(2-4-9)11-13(19)17-12(18-14(11)20)8-5-10(16)21-6-8/h1-6H,(H2,17,18,19,20). The topological polar surface area (TPSA) is 66.0 Å². The van der Waals surface area contributed by atoms with Crippen molar-refractivity contribution in [1.29, 1.82) is 0 Å². The molecular weight excluding hydrogens is 467 g/mol. The van der Waals surface area contributed by atoms with Crippen LogP contribution in [0.25, 0.3) is 22.5 Å². The van der Waals surface area contributed by atoms with E-state index in [0.29, 0.717) is 11.4 Å². The Kier molecular flexibility index (Phi) is 4.14. The maximum Gasteiger partial charge on any atom is 0.262 e. The van der Waals surface area contributed by atoms with Crippen molar-refractivity contribution in [3.63, 3.8) is 0 Å². The average Bonchev–Trinajstić information content (AvgIpc) is 2.87. The molecule has 7 heteroatoms. The summed E-state index contributed by atoms with van der Waals surface area (Å²) >= 11 is 7.08. The van der Waals surface area contributed by atoms with Crippen LogP contribution in [0.15, 0.2) is 45.0 Å². The molecule has 1 aromatic carbocycles. The molecule has 106 valence electrons. The lowest BCUT2D eigenvalue weighted by atomic mass is 10.1. The monoisotopic (exact) mass is 474 g/mol. The minimum Gasteiger partial charge on any atom is -0.493 e. The Morgan fingerprint density at radius 1 is 1.24 bits per heavy atom. The first-order valence-corrected chi connectivity index (χ1v) is 8.63. The van der Waals surface area contributed by atoms with E-state index in [-0.39, 0.29) is 17.0 Å². The number of hydrogen-bond donors (Lipinski definition) is 2. The van der Waals surface area contributed by atoms with Crippen molar-refractivity contribution in [3.05, 3.63) is 53.4 Å². The Morgan fingerprint density at radius 2 is 1.95 bits per heavy atom. The van der Waals surface area contributed by atoms with E-state index < -0.39 is 0 Å². The van der Waals surface area contributed by atoms with Gasteiger partial charge in [0.25, 0.3) is 5.56 Å². The number of halogens is 2. The van der Waals surface area contributed by atoms with Crippen molar-refractivity contribution >= 4 is 49.9 Å². The summed E-state index contributed by atoms with van der Waals surface area (Å²) in [7, 11) is 0. The molecule has 0 spiro atoms. The average molecular weight is 475 g/mol. The van der Waals surface area contributed by atoms with E-state index >= 15 is 0 Å². The van der Waals surface area contributed by atoms with Gasteiger partial charge >= 0.3 is 0 Å². The highest BCUT2D eigenvalue weighted by Gasteiger charge is 2.14. The molecule has 0 amide bonds. The van der Waals surface area contributed by atoms with Gasteiger partial charge in [-0.2, -0.15) is 4.98 Å². The number of rotatable bonds is 2. The van der Waals surface area contributed by atoms with Gasteiger partial charge in [0, 0.05) is 15.4 Å². The molecule has 0 saturated heterocycles. The molecule has 2 heterocycles. The normalized spacial score (nSPS) is 10.8. The lowest BCUT2D eigenvalue weighted by Crippen LogP contribution is -2.11. The lowest BCUT2D eigenvalue weighted by molar-refractivity contribution is 0.454. The second-order valence-electron chi connectivity index (χ2n) is 4.26. The molecular formula is C14H8BrIN2O2S. The molecule has 3 rings (SSSR count). The van der Waals surface area contributed by atoms with Gasteiger partial charge in [-0.3, -0.25) is 4.79 Å². The second-order valence-corrected chi connectivity index (χ2v) is 7.98. The molecule has 0 bridgehead atoms. The summed E-state index contributed by atoms with van der Waals surface area (Å²) in [5.74, 6) is 0.106. The first kappa shape index (κ1) is 14.7. The zero-order valence-corrected chi connectivity index (χ0v) is 15.0. The molecule has 21 heavy (non-hydrogen) atoms. The van der Waals surface area contributed by atoms with Gasteiger partial charge in [0.05, 0.1) is 2.88 Å². The molecule has 2 N–H and O–H groups in total. The third kappa shape index (κ3) is 3.04. The Morgan fingerprint density at radius 3 is 2.52 bits per heavy atom. The van der Waals surface area contributed by atoms with Crippen LogP contribution < -0.4 is 5.56 Å². The van der Waals surface area contributed by atoms with Crippen molar-refractivity contribution in [1.82, 2.24) is 9.97 Å². The van der Waals surface area contributed by atoms with Crippen molar-refractivity contribution in [2.24, 2.45) is 0 Å². The number of aromatic hydroxyl groups is 1. The number of hydrogen-bond acceptors (Lipinski definition) is 4. The summed E-state index contributed by atoms with van der Waals surface area (Å²) < 4.78 is 1.99. The van der Waals surface area contributed by atoms with E-state index in [9.17, 15) is 9.90 Å². The van der Waals surface area contributed by atoms with E-state index in [2.05, 4.69) is 48.5 Å². The molecule has 0 radical (unpaired) electrons. The van der Waals surface area contributed by atoms with Gasteiger partial charge in [-0.05, 0) is 46.4 Å². The summed E-state index contributed by atoms with van der Waals surface area (Å²) in [6, 6.07) is 9.03. The van der Waals surface area contributed by atoms with Gasteiger partial charge < -0.3 is 10.1 Å². The van der Waals surface area contributed by atoms with Crippen LogP contribution in [0.3, 0.4) is 0 Å². The van der Waals surface area contributed by atoms with E-state index in [1.165, 1.54) is 0 Å². The zero-order valence-electron chi connectivity index (χ0n) is 10.4. The van der Waals surface area contributed by atoms with Crippen LogP contribution in [-0.4, -0.2) is 15.1 Å². The fourth-order valence-corrected chi connectivity index (χ4v) is 3.50. The SMILES string of the molecule is O=c1[nH]c(-c2csc(I)c2)nc(O)c1-c1ccc(Br)cc1. The summed E-state index contributed by atoms with van der Waals surface area (Å²) in [4.78, 5) is 19.1. The van der Waals surface area contributed by atoms with Crippen LogP contribution in [0.1, 0.15) is 0 Å². The smallest absolute Gasteiger partial charge is 0.262 e. The molecule has 0 aliphatic carbocycles. The summed E-state index contributed by atoms with van der Waals surface area (Å²) in [5, 5.41) is 12.0. The van der Waals surface area contributed by atoms with Crippen LogP contribution in [0.5, 0.6) is 5.88 Å².